The lowest BCUT2D eigenvalue weighted by Gasteiger charge is -2.25. The highest BCUT2D eigenvalue weighted by atomic mass is 32.1. The van der Waals surface area contributed by atoms with Gasteiger partial charge in [0.05, 0.1) is 5.56 Å². The van der Waals surface area contributed by atoms with Crippen LogP contribution in [0.4, 0.5) is 5.69 Å². The predicted octanol–water partition coefficient (Wildman–Crippen LogP) is 2.74. The molecule has 2 N–H and O–H groups in total. The third kappa shape index (κ3) is 3.17. The molecule has 0 aliphatic carbocycles. The number of thiophene rings is 1. The molecule has 0 fully saturated rings. The third-order valence-electron chi connectivity index (χ3n) is 3.36. The van der Waals surface area contributed by atoms with Crippen LogP contribution in [0.15, 0.2) is 29.8 Å². The zero-order chi connectivity index (χ0) is 14.7. The summed E-state index contributed by atoms with van der Waals surface area (Å²) in [5.74, 6) is -0.0842. The summed E-state index contributed by atoms with van der Waals surface area (Å²) in [6.45, 7) is 3.89. The minimum atomic E-state index is -0.0842. The van der Waals surface area contributed by atoms with Gasteiger partial charge in [-0.1, -0.05) is 6.07 Å². The molecule has 2 aromatic rings. The molecule has 0 radical (unpaired) electrons. The Morgan fingerprint density at radius 3 is 2.90 bits per heavy atom. The second-order valence-electron chi connectivity index (χ2n) is 4.96. The highest BCUT2D eigenvalue weighted by molar-refractivity contribution is 7.09. The molecule has 0 bridgehead atoms. The largest absolute Gasteiger partial charge is 0.398 e. The molecule has 0 saturated carbocycles. The fourth-order valence-electron chi connectivity index (χ4n) is 2.01. The van der Waals surface area contributed by atoms with Crippen molar-refractivity contribution in [3.05, 3.63) is 45.9 Å². The first kappa shape index (κ1) is 14.5. The van der Waals surface area contributed by atoms with E-state index < -0.39 is 0 Å². The number of hydrogen-bond donors (Lipinski definition) is 1. The first-order chi connectivity index (χ1) is 9.49. The second-order valence-corrected chi connectivity index (χ2v) is 5.99. The Labute approximate surface area is 123 Å². The maximum atomic E-state index is 12.5. The van der Waals surface area contributed by atoms with Gasteiger partial charge in [0.15, 0.2) is 0 Å². The molecule has 1 unspecified atom stereocenters. The lowest BCUT2D eigenvalue weighted by atomic mass is 10.1. The van der Waals surface area contributed by atoms with E-state index in [1.165, 1.54) is 4.88 Å². The molecule has 20 heavy (non-hydrogen) atoms. The highest BCUT2D eigenvalue weighted by Crippen LogP contribution is 2.18. The van der Waals surface area contributed by atoms with Gasteiger partial charge in [0.2, 0.25) is 0 Å². The highest BCUT2D eigenvalue weighted by Gasteiger charge is 2.20. The van der Waals surface area contributed by atoms with Crippen LogP contribution in [-0.4, -0.2) is 28.9 Å². The van der Waals surface area contributed by atoms with Gasteiger partial charge in [0, 0.05) is 42.0 Å². The number of rotatable bonds is 4. The number of aryl methyl sites for hydroxylation is 1. The molecule has 1 amide bonds. The van der Waals surface area contributed by atoms with Gasteiger partial charge in [0.1, 0.15) is 0 Å². The van der Waals surface area contributed by atoms with Gasteiger partial charge >= 0.3 is 0 Å². The molecule has 2 rings (SSSR count). The maximum absolute atomic E-state index is 12.5. The molecule has 106 valence electrons. The Morgan fingerprint density at radius 1 is 1.55 bits per heavy atom. The Morgan fingerprint density at radius 2 is 2.30 bits per heavy atom. The van der Waals surface area contributed by atoms with E-state index in [2.05, 4.69) is 11.1 Å². The number of likely N-dealkylation sites (N-methyl/N-ethyl adjacent to an activating group) is 1. The van der Waals surface area contributed by atoms with Gasteiger partial charge in [-0.25, -0.2) is 0 Å². The van der Waals surface area contributed by atoms with Crippen molar-refractivity contribution in [1.29, 1.82) is 0 Å². The summed E-state index contributed by atoms with van der Waals surface area (Å²) in [6, 6.07) is 5.95. The van der Waals surface area contributed by atoms with Crippen LogP contribution in [0.5, 0.6) is 0 Å². The van der Waals surface area contributed by atoms with Crippen molar-refractivity contribution < 1.29 is 4.79 Å². The molecular weight excluding hydrogens is 270 g/mol. The van der Waals surface area contributed by atoms with Crippen molar-refractivity contribution >= 4 is 22.9 Å². The topological polar surface area (TPSA) is 59.2 Å². The molecule has 4 nitrogen and oxygen atoms in total. The number of amides is 1. The summed E-state index contributed by atoms with van der Waals surface area (Å²) in [6.07, 6.45) is 2.40. The van der Waals surface area contributed by atoms with E-state index in [-0.39, 0.29) is 11.9 Å². The van der Waals surface area contributed by atoms with Crippen molar-refractivity contribution in [2.24, 2.45) is 0 Å². The number of nitrogens with zero attached hydrogens (tertiary/aromatic N) is 2. The lowest BCUT2D eigenvalue weighted by molar-refractivity contribution is 0.0744. The number of carbonyl (C=O) groups is 1. The first-order valence-electron chi connectivity index (χ1n) is 6.50. The van der Waals surface area contributed by atoms with Crippen LogP contribution >= 0.6 is 11.3 Å². The standard InChI is InChI=1S/C15H19N3OS/c1-10-7-14(16)13(9-17-10)15(19)18(3)11(2)8-12-5-4-6-20-12/h4-7,9,11H,8H2,1-3H3,(H2,16,17). The van der Waals surface area contributed by atoms with Crippen LogP contribution < -0.4 is 5.73 Å². The Balaban J connectivity index is 2.11. The van der Waals surface area contributed by atoms with E-state index in [9.17, 15) is 4.79 Å². The van der Waals surface area contributed by atoms with Crippen molar-refractivity contribution in [2.45, 2.75) is 26.3 Å². The molecular formula is C15H19N3OS. The smallest absolute Gasteiger partial charge is 0.257 e. The van der Waals surface area contributed by atoms with E-state index in [0.717, 1.165) is 12.1 Å². The average molecular weight is 289 g/mol. The predicted molar refractivity (Wildman–Crippen MR) is 83.0 cm³/mol. The molecule has 0 aromatic carbocycles. The molecule has 0 aliphatic heterocycles. The number of nitrogen functional groups attached to an aromatic ring is 1. The second kappa shape index (κ2) is 6.05. The minimum Gasteiger partial charge on any atom is -0.398 e. The Bertz CT molecular complexity index is 595. The van der Waals surface area contributed by atoms with Crippen LogP contribution in [0.2, 0.25) is 0 Å². The molecule has 0 spiro atoms. The van der Waals surface area contributed by atoms with Gasteiger partial charge in [-0.2, -0.15) is 0 Å². The lowest BCUT2D eigenvalue weighted by Crippen LogP contribution is -2.36. The van der Waals surface area contributed by atoms with Crippen LogP contribution in [0.1, 0.15) is 27.9 Å². The van der Waals surface area contributed by atoms with E-state index in [1.807, 2.05) is 25.3 Å². The van der Waals surface area contributed by atoms with E-state index in [0.29, 0.717) is 11.3 Å². The summed E-state index contributed by atoms with van der Waals surface area (Å²) in [5, 5.41) is 2.05. The number of nitrogens with two attached hydrogens (primary N) is 1. The zero-order valence-electron chi connectivity index (χ0n) is 12.0. The van der Waals surface area contributed by atoms with Gasteiger partial charge < -0.3 is 10.6 Å². The van der Waals surface area contributed by atoms with Crippen molar-refractivity contribution in [2.75, 3.05) is 12.8 Å². The van der Waals surface area contributed by atoms with Crippen molar-refractivity contribution in [3.63, 3.8) is 0 Å². The van der Waals surface area contributed by atoms with Crippen LogP contribution in [0.3, 0.4) is 0 Å². The van der Waals surface area contributed by atoms with Crippen LogP contribution in [0.25, 0.3) is 0 Å². The molecule has 1 atom stereocenters. The molecule has 2 aromatic heterocycles. The fraction of sp³-hybridized carbons (Fsp3) is 0.333. The Hall–Kier alpha value is -1.88. The van der Waals surface area contributed by atoms with E-state index in [4.69, 9.17) is 5.73 Å². The summed E-state index contributed by atoms with van der Waals surface area (Å²) >= 11 is 1.71. The van der Waals surface area contributed by atoms with Crippen molar-refractivity contribution in [3.8, 4) is 0 Å². The number of hydrogen-bond acceptors (Lipinski definition) is 4. The molecule has 0 aliphatic rings. The minimum absolute atomic E-state index is 0.0842. The van der Waals surface area contributed by atoms with Gasteiger partial charge in [-0.15, -0.1) is 11.3 Å². The Kier molecular flexibility index (Phi) is 4.39. The first-order valence-corrected chi connectivity index (χ1v) is 7.38. The van der Waals surface area contributed by atoms with Crippen LogP contribution in [-0.2, 0) is 6.42 Å². The number of pyridine rings is 1. The van der Waals surface area contributed by atoms with Gasteiger partial charge in [-0.05, 0) is 31.4 Å². The van der Waals surface area contributed by atoms with Crippen molar-refractivity contribution in [1.82, 2.24) is 9.88 Å². The number of carbonyl (C=O) groups excluding carboxylic acids is 1. The normalized spacial score (nSPS) is 12.2. The molecule has 0 saturated heterocycles. The quantitative estimate of drug-likeness (QED) is 0.941. The summed E-state index contributed by atoms with van der Waals surface area (Å²) in [7, 11) is 1.81. The number of anilines is 1. The van der Waals surface area contributed by atoms with Gasteiger partial charge in [-0.3, -0.25) is 9.78 Å². The number of aromatic nitrogens is 1. The third-order valence-corrected chi connectivity index (χ3v) is 4.26. The fourth-order valence-corrected chi connectivity index (χ4v) is 2.83. The molecule has 5 heteroatoms. The summed E-state index contributed by atoms with van der Waals surface area (Å²) in [5.41, 5.74) is 7.68. The monoisotopic (exact) mass is 289 g/mol. The van der Waals surface area contributed by atoms with E-state index in [1.54, 1.807) is 35.5 Å². The van der Waals surface area contributed by atoms with Gasteiger partial charge in [0.25, 0.3) is 5.91 Å². The maximum Gasteiger partial charge on any atom is 0.257 e. The molecule has 2 heterocycles. The van der Waals surface area contributed by atoms with Crippen LogP contribution in [0, 0.1) is 6.92 Å². The average Bonchev–Trinajstić information content (AvgIpc) is 2.90. The van der Waals surface area contributed by atoms with E-state index >= 15 is 0 Å². The summed E-state index contributed by atoms with van der Waals surface area (Å²) < 4.78 is 0. The summed E-state index contributed by atoms with van der Waals surface area (Å²) in [4.78, 5) is 19.6. The SMILES string of the molecule is Cc1cc(N)c(C(=O)N(C)C(C)Cc2cccs2)cn1. The zero-order valence-corrected chi connectivity index (χ0v) is 12.8.